The monoisotopic (exact) mass is 555 g/mol. The van der Waals surface area contributed by atoms with Gasteiger partial charge in [0.25, 0.3) is 0 Å². The number of aliphatic hydroxyl groups is 1. The van der Waals surface area contributed by atoms with Crippen molar-refractivity contribution in [1.29, 1.82) is 0 Å². The molecule has 2 N–H and O–H groups in total. The van der Waals surface area contributed by atoms with Crippen LogP contribution in [0.3, 0.4) is 0 Å². The number of benzene rings is 2. The molecule has 0 bridgehead atoms. The van der Waals surface area contributed by atoms with Gasteiger partial charge in [-0.3, -0.25) is 9.69 Å². The molecule has 1 aliphatic carbocycles. The van der Waals surface area contributed by atoms with Crippen molar-refractivity contribution in [1.82, 2.24) is 4.57 Å². The number of ether oxygens (including phenoxy) is 2. The molecule has 12 heteroatoms. The molecule has 0 spiro atoms. The molecule has 6 rings (SSSR count). The minimum Gasteiger partial charge on any atom is -0.490 e. The van der Waals surface area contributed by atoms with Gasteiger partial charge in [0.2, 0.25) is 5.43 Å². The normalized spacial score (nSPS) is 20.8. The van der Waals surface area contributed by atoms with Crippen molar-refractivity contribution in [3.8, 4) is 5.75 Å². The summed E-state index contributed by atoms with van der Waals surface area (Å²) < 4.78 is 42.5. The van der Waals surface area contributed by atoms with Crippen LogP contribution in [-0.4, -0.2) is 65.8 Å². The summed E-state index contributed by atoms with van der Waals surface area (Å²) in [6.45, 7) is 0.969. The molecule has 3 fully saturated rings. The number of halogens is 2. The van der Waals surface area contributed by atoms with Crippen LogP contribution in [0, 0.1) is 17.6 Å². The van der Waals surface area contributed by atoms with Crippen LogP contribution in [0.4, 0.5) is 25.0 Å². The Labute approximate surface area is 226 Å². The molecule has 210 valence electrons. The van der Waals surface area contributed by atoms with E-state index in [-0.39, 0.29) is 48.4 Å². The Morgan fingerprint density at radius 2 is 1.88 bits per heavy atom. The van der Waals surface area contributed by atoms with Crippen LogP contribution in [0.15, 0.2) is 41.3 Å². The summed E-state index contributed by atoms with van der Waals surface area (Å²) in [6.07, 6.45) is 2.42. The van der Waals surface area contributed by atoms with Crippen molar-refractivity contribution in [3.05, 3.63) is 63.9 Å². The van der Waals surface area contributed by atoms with Crippen molar-refractivity contribution in [3.63, 3.8) is 0 Å². The van der Waals surface area contributed by atoms with Crippen molar-refractivity contribution >= 4 is 34.3 Å². The number of amides is 1. The van der Waals surface area contributed by atoms with Gasteiger partial charge in [0.1, 0.15) is 17.5 Å². The number of carbonyl (C=O) groups excluding carboxylic acids is 1. The second kappa shape index (κ2) is 10.1. The maximum atomic E-state index is 15.2. The third-order valence-corrected chi connectivity index (χ3v) is 7.68. The number of aliphatic hydroxyl groups excluding tert-OH is 1. The highest BCUT2D eigenvalue weighted by molar-refractivity contribution is 5.93. The number of hydrogen-bond acceptors (Lipinski definition) is 7. The maximum absolute atomic E-state index is 15.2. The Morgan fingerprint density at radius 3 is 2.55 bits per heavy atom. The molecule has 10 nitrogen and oxygen atoms in total. The van der Waals surface area contributed by atoms with Crippen LogP contribution in [-0.2, 0) is 4.74 Å². The molecular formula is C28H27F2N3O7. The molecule has 0 radical (unpaired) electrons. The number of carboxylic acids is 1. The fraction of sp³-hybridized carbons (Fsp3) is 0.393. The third-order valence-electron chi connectivity index (χ3n) is 7.68. The molecular weight excluding hydrogens is 528 g/mol. The molecule has 1 unspecified atom stereocenters. The molecule has 2 aliphatic heterocycles. The van der Waals surface area contributed by atoms with Gasteiger partial charge in [0, 0.05) is 42.7 Å². The molecule has 1 saturated carbocycles. The summed E-state index contributed by atoms with van der Waals surface area (Å²) in [6, 6.07) is 6.97. The summed E-state index contributed by atoms with van der Waals surface area (Å²) in [7, 11) is 0. The van der Waals surface area contributed by atoms with Crippen LogP contribution in [0.2, 0.25) is 0 Å². The molecule has 2 saturated heterocycles. The van der Waals surface area contributed by atoms with E-state index < -0.39 is 35.2 Å². The number of pyridine rings is 1. The van der Waals surface area contributed by atoms with E-state index in [1.165, 1.54) is 23.2 Å². The van der Waals surface area contributed by atoms with E-state index in [1.54, 1.807) is 16.7 Å². The van der Waals surface area contributed by atoms with Gasteiger partial charge >= 0.3 is 12.1 Å². The number of nitrogens with zero attached hydrogens (tertiary/aromatic N) is 3. The van der Waals surface area contributed by atoms with E-state index in [0.29, 0.717) is 36.4 Å². The number of aromatic carboxylic acids is 1. The topological polar surface area (TPSA) is 122 Å². The maximum Gasteiger partial charge on any atom is 0.414 e. The van der Waals surface area contributed by atoms with Gasteiger partial charge in [-0.1, -0.05) is 0 Å². The summed E-state index contributed by atoms with van der Waals surface area (Å²) in [5.41, 5.74) is 0.0363. The van der Waals surface area contributed by atoms with Crippen molar-refractivity contribution in [2.45, 2.75) is 31.4 Å². The van der Waals surface area contributed by atoms with Gasteiger partial charge in [-0.05, 0) is 43.5 Å². The van der Waals surface area contributed by atoms with E-state index in [2.05, 4.69) is 0 Å². The van der Waals surface area contributed by atoms with E-state index in [4.69, 9.17) is 9.47 Å². The largest absolute Gasteiger partial charge is 0.490 e. The van der Waals surface area contributed by atoms with Crippen LogP contribution < -0.4 is 20.0 Å². The lowest BCUT2D eigenvalue weighted by Crippen LogP contribution is -2.25. The van der Waals surface area contributed by atoms with Crippen LogP contribution in [0.1, 0.15) is 35.7 Å². The molecule has 1 amide bonds. The van der Waals surface area contributed by atoms with Crippen molar-refractivity contribution < 1.29 is 38.1 Å². The number of carboxylic acid groups (broad SMARTS) is 1. The van der Waals surface area contributed by atoms with Gasteiger partial charge in [-0.15, -0.1) is 0 Å². The Bertz CT molecular complexity index is 1570. The molecule has 3 aliphatic rings. The highest BCUT2D eigenvalue weighted by Crippen LogP contribution is 2.39. The number of anilines is 2. The standard InChI is InChI=1S/C28H27F2N3O7/c29-21-8-19-23(32(16-1-2-16)12-20(26(19)35)27(36)37)9-24(21)31-6-5-15(10-31)14-39-25-4-3-17(7-22(25)30)33-11-18(13-34)40-28(33)38/h3-4,7-9,12,15-16,18,34H,1-2,5-6,10-11,13-14H2,(H,36,37)/t15?,18-/m1/s1. The lowest BCUT2D eigenvalue weighted by atomic mass is 10.1. The molecule has 2 atom stereocenters. The Hall–Kier alpha value is -4.19. The zero-order valence-corrected chi connectivity index (χ0v) is 21.4. The van der Waals surface area contributed by atoms with E-state index in [1.807, 2.05) is 4.90 Å². The van der Waals surface area contributed by atoms with Crippen LogP contribution >= 0.6 is 0 Å². The quantitative estimate of drug-likeness (QED) is 0.433. The lowest BCUT2D eigenvalue weighted by Gasteiger charge is -2.21. The Kier molecular flexibility index (Phi) is 6.57. The minimum absolute atomic E-state index is 0.0203. The number of aromatic nitrogens is 1. The third kappa shape index (κ3) is 4.72. The Morgan fingerprint density at radius 1 is 1.07 bits per heavy atom. The summed E-state index contributed by atoms with van der Waals surface area (Å²) in [5.74, 6) is -2.59. The zero-order chi connectivity index (χ0) is 28.1. The summed E-state index contributed by atoms with van der Waals surface area (Å²) in [4.78, 5) is 39.4. The lowest BCUT2D eigenvalue weighted by molar-refractivity contribution is 0.0694. The first-order valence-electron chi connectivity index (χ1n) is 13.1. The molecule has 2 aromatic carbocycles. The smallest absolute Gasteiger partial charge is 0.414 e. The van der Waals surface area contributed by atoms with Gasteiger partial charge in [0.15, 0.2) is 11.6 Å². The van der Waals surface area contributed by atoms with Gasteiger partial charge < -0.3 is 29.2 Å². The van der Waals surface area contributed by atoms with Gasteiger partial charge in [0.05, 0.1) is 36.6 Å². The molecule has 1 aromatic heterocycles. The fourth-order valence-electron chi connectivity index (χ4n) is 5.41. The van der Waals surface area contributed by atoms with Crippen LogP contribution in [0.5, 0.6) is 5.75 Å². The summed E-state index contributed by atoms with van der Waals surface area (Å²) in [5, 5.41) is 18.7. The van der Waals surface area contributed by atoms with E-state index in [9.17, 15) is 29.0 Å². The number of cyclic esters (lactones) is 1. The highest BCUT2D eigenvalue weighted by Gasteiger charge is 2.33. The predicted molar refractivity (Wildman–Crippen MR) is 140 cm³/mol. The molecule has 3 heterocycles. The highest BCUT2D eigenvalue weighted by atomic mass is 19.1. The van der Waals surface area contributed by atoms with Crippen LogP contribution in [0.25, 0.3) is 10.9 Å². The number of fused-ring (bicyclic) bond motifs is 1. The SMILES string of the molecule is O=C(O)c1cn(C2CC2)c2cc(N3CCC(COc4ccc(N5C[C@H](CO)OC5=O)cc4F)C3)c(F)cc2c1=O. The number of rotatable bonds is 8. The second-order valence-electron chi connectivity index (χ2n) is 10.5. The zero-order valence-electron chi connectivity index (χ0n) is 21.4. The number of carbonyl (C=O) groups is 2. The molecule has 40 heavy (non-hydrogen) atoms. The first kappa shape index (κ1) is 26.1. The average molecular weight is 556 g/mol. The van der Waals surface area contributed by atoms with Crippen molar-refractivity contribution in [2.75, 3.05) is 42.6 Å². The first-order valence-corrected chi connectivity index (χ1v) is 13.1. The first-order chi connectivity index (χ1) is 19.2. The second-order valence-corrected chi connectivity index (χ2v) is 10.5. The molecule has 3 aromatic rings. The average Bonchev–Trinajstić information content (AvgIpc) is 3.54. The van der Waals surface area contributed by atoms with Gasteiger partial charge in [-0.2, -0.15) is 0 Å². The Balaban J connectivity index is 1.16. The van der Waals surface area contributed by atoms with E-state index >= 15 is 4.39 Å². The minimum atomic E-state index is -1.34. The number of hydrogen-bond donors (Lipinski definition) is 2. The predicted octanol–water partition coefficient (Wildman–Crippen LogP) is 3.54. The summed E-state index contributed by atoms with van der Waals surface area (Å²) >= 11 is 0. The fourth-order valence-corrected chi connectivity index (χ4v) is 5.41. The van der Waals surface area contributed by atoms with Crippen molar-refractivity contribution in [2.24, 2.45) is 5.92 Å². The van der Waals surface area contributed by atoms with Gasteiger partial charge in [-0.25, -0.2) is 18.4 Å². The van der Waals surface area contributed by atoms with E-state index in [0.717, 1.165) is 18.9 Å².